The number of phosphoric ester groups is 1. The minimum atomic E-state index is -4.29. The van der Waals surface area contributed by atoms with Crippen molar-refractivity contribution in [2.75, 3.05) is 12.9 Å². The van der Waals surface area contributed by atoms with Crippen molar-refractivity contribution in [1.29, 1.82) is 0 Å². The second-order valence-electron chi connectivity index (χ2n) is 17.2. The molecule has 0 spiro atoms. The van der Waals surface area contributed by atoms with Crippen LogP contribution in [-0.2, 0) is 46.8 Å². The summed E-state index contributed by atoms with van der Waals surface area (Å²) in [4.78, 5) is 53.9. The van der Waals surface area contributed by atoms with Crippen molar-refractivity contribution < 1.29 is 66.3 Å². The van der Waals surface area contributed by atoms with Crippen molar-refractivity contribution in [3.8, 4) is 0 Å². The van der Waals surface area contributed by atoms with Crippen LogP contribution in [0.5, 0.6) is 0 Å². The Bertz CT molecular complexity index is 1050. The van der Waals surface area contributed by atoms with Crippen LogP contribution in [0.2, 0.25) is 5.31 Å². The molecule has 0 atom stereocenters. The quantitative estimate of drug-likeness (QED) is 0.120. The highest BCUT2D eigenvalue weighted by Gasteiger charge is 2.55. The van der Waals surface area contributed by atoms with Crippen LogP contribution in [0.3, 0.4) is 0 Å². The van der Waals surface area contributed by atoms with Gasteiger partial charge >= 0.3 is 34.5 Å². The largest absolute Gasteiger partial charge is 0.470 e. The van der Waals surface area contributed by atoms with Gasteiger partial charge in [0.15, 0.2) is 0 Å². The number of phosphoric acid groups is 1. The summed E-state index contributed by atoms with van der Waals surface area (Å²) < 4.78 is 50.9. The van der Waals surface area contributed by atoms with Crippen LogP contribution < -0.4 is 5.73 Å². The van der Waals surface area contributed by atoms with Crippen LogP contribution in [-0.4, -0.2) is 85.1 Å². The van der Waals surface area contributed by atoms with E-state index in [1.165, 1.54) is 6.92 Å². The number of nitrogens with two attached hydrogens (primary N) is 1. The van der Waals surface area contributed by atoms with Gasteiger partial charge in [0.1, 0.15) is 17.6 Å². The molecule has 15 nitrogen and oxygen atoms in total. The molecule has 0 aromatic heterocycles. The molecule has 0 aliphatic carbocycles. The lowest BCUT2D eigenvalue weighted by Gasteiger charge is -2.32. The first-order valence-corrected chi connectivity index (χ1v) is 19.1. The van der Waals surface area contributed by atoms with Gasteiger partial charge in [0, 0.05) is 6.92 Å². The zero-order chi connectivity index (χ0) is 40.9. The van der Waals surface area contributed by atoms with E-state index in [2.05, 4.69) is 53.0 Å². The molecule has 0 aromatic rings. The molecule has 0 unspecified atom stereocenters. The van der Waals surface area contributed by atoms with Crippen LogP contribution in [0, 0.1) is 0 Å². The molecule has 0 aromatic carbocycles. The number of hydrogen-bond acceptors (Lipinski definition) is 11. The van der Waals surface area contributed by atoms with E-state index < -0.39 is 38.6 Å². The van der Waals surface area contributed by atoms with E-state index in [0.717, 1.165) is 0 Å². The van der Waals surface area contributed by atoms with Crippen molar-refractivity contribution >= 4 is 34.5 Å². The number of carbonyl (C=O) groups is 2. The third-order valence-corrected chi connectivity index (χ3v) is 6.31. The Morgan fingerprint density at radius 2 is 1.02 bits per heavy atom. The fourth-order valence-corrected chi connectivity index (χ4v) is 3.91. The Hall–Kier alpha value is -0.895. The molecule has 1 fully saturated rings. The standard InChI is InChI=1S/C10H21BO2.C6H13NO2.C6H12O2.C5H13O4P.C4H11O4P/c1-8(2,3)11-12-9(4,5)10(6,7)13-11;1-6(2,3)9-5(8)4-7;1-5(7)8-6(2,3)4;1-5(2,3)9-4-10(6,7)8;1-4(2,3)8-9(5,6)7/h1-7H3;4,7H2,1-3H3;1-4H3;4H2,1-3H3,(H2,6,7,8);1-3H3,(H2,5,6,7). The monoisotopic (exact) mass is 753 g/mol. The summed E-state index contributed by atoms with van der Waals surface area (Å²) in [7, 11) is -8.37. The second-order valence-corrected chi connectivity index (χ2v) is 19.9. The molecule has 49 heavy (non-hydrogen) atoms. The molecule has 1 saturated heterocycles. The van der Waals surface area contributed by atoms with E-state index in [4.69, 9.17) is 48.8 Å². The summed E-state index contributed by atoms with van der Waals surface area (Å²) in [6, 6.07) is 0. The topological polar surface area (TPSA) is 231 Å². The predicted octanol–water partition coefficient (Wildman–Crippen LogP) is 6.34. The first kappa shape index (κ1) is 54.9. The van der Waals surface area contributed by atoms with Crippen molar-refractivity contribution in [3.63, 3.8) is 0 Å². The smallest absolute Gasteiger partial charge is 0.460 e. The van der Waals surface area contributed by atoms with Gasteiger partial charge in [-0.1, -0.05) is 20.8 Å². The molecule has 1 aliphatic rings. The Balaban J connectivity index is -0.000000262. The van der Waals surface area contributed by atoms with E-state index in [1.807, 2.05) is 20.8 Å². The highest BCUT2D eigenvalue weighted by atomic mass is 31.2. The molecular weight excluding hydrogens is 683 g/mol. The molecule has 18 heteroatoms. The van der Waals surface area contributed by atoms with E-state index in [9.17, 15) is 18.7 Å². The molecule has 1 aliphatic heterocycles. The van der Waals surface area contributed by atoms with Crippen LogP contribution in [0.25, 0.3) is 0 Å². The molecular formula is C31H70BNO14P2. The van der Waals surface area contributed by atoms with Gasteiger partial charge in [-0.25, -0.2) is 4.57 Å². The highest BCUT2D eigenvalue weighted by molar-refractivity contribution is 7.51. The van der Waals surface area contributed by atoms with E-state index in [1.54, 1.807) is 62.3 Å². The average Bonchev–Trinajstić information content (AvgIpc) is 2.95. The van der Waals surface area contributed by atoms with E-state index >= 15 is 0 Å². The van der Waals surface area contributed by atoms with Gasteiger partial charge in [-0.3, -0.25) is 18.7 Å². The molecule has 0 radical (unpaired) electrons. The van der Waals surface area contributed by atoms with Crippen LogP contribution in [0.15, 0.2) is 0 Å². The van der Waals surface area contributed by atoms with Gasteiger partial charge in [-0.05, 0) is 116 Å². The van der Waals surface area contributed by atoms with Gasteiger partial charge in [0.05, 0.1) is 28.9 Å². The van der Waals surface area contributed by atoms with Crippen molar-refractivity contribution in [2.24, 2.45) is 5.73 Å². The first-order chi connectivity index (χ1) is 20.8. The predicted molar refractivity (Wildman–Crippen MR) is 193 cm³/mol. The molecule has 1 rings (SSSR count). The second kappa shape index (κ2) is 20.4. The Labute approximate surface area is 296 Å². The number of carbonyl (C=O) groups excluding carboxylic acids is 2. The minimum Gasteiger partial charge on any atom is -0.460 e. The Morgan fingerprint density at radius 1 is 0.673 bits per heavy atom. The van der Waals surface area contributed by atoms with Crippen LogP contribution in [0.4, 0.5) is 0 Å². The lowest BCUT2D eigenvalue weighted by molar-refractivity contribution is -0.153. The maximum atomic E-state index is 10.5. The van der Waals surface area contributed by atoms with Crippen LogP contribution in [0.1, 0.15) is 138 Å². The molecule has 0 amide bonds. The molecule has 1 heterocycles. The molecule has 0 bridgehead atoms. The zero-order valence-corrected chi connectivity index (χ0v) is 35.6. The van der Waals surface area contributed by atoms with Crippen molar-refractivity contribution in [3.05, 3.63) is 0 Å². The molecule has 6 N–H and O–H groups in total. The summed E-state index contributed by atoms with van der Waals surface area (Å²) in [6.45, 7) is 37.0. The zero-order valence-electron chi connectivity index (χ0n) is 33.8. The van der Waals surface area contributed by atoms with E-state index in [-0.39, 0.29) is 47.7 Å². The first-order valence-electron chi connectivity index (χ1n) is 15.8. The Kier molecular flexibility index (Phi) is 22.8. The van der Waals surface area contributed by atoms with E-state index in [0.29, 0.717) is 0 Å². The number of esters is 2. The van der Waals surface area contributed by atoms with Gasteiger partial charge in [0.2, 0.25) is 0 Å². The summed E-state index contributed by atoms with van der Waals surface area (Å²) in [5.41, 5.74) is 2.60. The third-order valence-electron chi connectivity index (χ3n) is 5.06. The minimum absolute atomic E-state index is 0.0444. The lowest BCUT2D eigenvalue weighted by atomic mass is 9.61. The van der Waals surface area contributed by atoms with Gasteiger partial charge in [0.25, 0.3) is 0 Å². The van der Waals surface area contributed by atoms with Crippen LogP contribution >= 0.6 is 15.4 Å². The van der Waals surface area contributed by atoms with Gasteiger partial charge < -0.3 is 48.8 Å². The van der Waals surface area contributed by atoms with Crippen molar-refractivity contribution in [1.82, 2.24) is 0 Å². The summed E-state index contributed by atoms with van der Waals surface area (Å²) in [6.07, 6.45) is -0.503. The Morgan fingerprint density at radius 3 is 1.10 bits per heavy atom. The van der Waals surface area contributed by atoms with Gasteiger partial charge in [-0.15, -0.1) is 0 Å². The number of rotatable bonds is 4. The summed E-state index contributed by atoms with van der Waals surface area (Å²) >= 11 is 0. The average molecular weight is 754 g/mol. The molecule has 0 saturated carbocycles. The maximum absolute atomic E-state index is 10.5. The SMILES string of the molecule is CC(=O)OC(C)(C)C.CC(C)(C)B1OC(C)(C)C(C)(C)O1.CC(C)(C)OC(=O)CN.CC(C)(C)OCP(=O)(O)O.CC(C)(C)OP(=O)(O)O. The fraction of sp³-hybridized carbons (Fsp3) is 0.935. The highest BCUT2D eigenvalue weighted by Crippen LogP contribution is 2.44. The fourth-order valence-electron chi connectivity index (χ4n) is 2.65. The summed E-state index contributed by atoms with van der Waals surface area (Å²) in [5, 5.41) is 0.0467. The van der Waals surface area contributed by atoms with Crippen molar-refractivity contribution in [2.45, 2.75) is 177 Å². The number of hydrogen-bond donors (Lipinski definition) is 5. The third kappa shape index (κ3) is 39.7. The molecule has 296 valence electrons. The maximum Gasteiger partial charge on any atom is 0.470 e. The van der Waals surface area contributed by atoms with Gasteiger partial charge in [-0.2, -0.15) is 0 Å². The summed E-state index contributed by atoms with van der Waals surface area (Å²) in [5.74, 6) is -0.583. The number of ether oxygens (including phenoxy) is 3. The normalized spacial score (nSPS) is 16.2. The lowest BCUT2D eigenvalue weighted by Crippen LogP contribution is -2.41.